The molecule has 1 unspecified atom stereocenters. The zero-order valence-corrected chi connectivity index (χ0v) is 24.7. The minimum absolute atomic E-state index is 0.276. The van der Waals surface area contributed by atoms with Crippen molar-refractivity contribution in [2.45, 2.75) is 80.4 Å². The van der Waals surface area contributed by atoms with Crippen molar-refractivity contribution in [1.82, 2.24) is 4.90 Å². The molecule has 0 amide bonds. The van der Waals surface area contributed by atoms with Gasteiger partial charge in [0.2, 0.25) is 0 Å². The Morgan fingerprint density at radius 3 is 1.84 bits per heavy atom. The molecule has 2 aromatic carbocycles. The van der Waals surface area contributed by atoms with Crippen LogP contribution in [-0.2, 0) is 9.53 Å². The molecular formula is C33H45NO3. The highest BCUT2D eigenvalue weighted by Gasteiger charge is 2.27. The van der Waals surface area contributed by atoms with E-state index in [0.29, 0.717) is 0 Å². The molecule has 37 heavy (non-hydrogen) atoms. The van der Waals surface area contributed by atoms with Crippen molar-refractivity contribution in [1.29, 1.82) is 0 Å². The van der Waals surface area contributed by atoms with Crippen LogP contribution in [0.3, 0.4) is 0 Å². The summed E-state index contributed by atoms with van der Waals surface area (Å²) in [6, 6.07) is 12.9. The van der Waals surface area contributed by atoms with E-state index < -0.39 is 17.7 Å². The largest absolute Gasteiger partial charge is 0.479 e. The number of rotatable bonds is 9. The van der Waals surface area contributed by atoms with Gasteiger partial charge in [0.25, 0.3) is 0 Å². The highest BCUT2D eigenvalue weighted by Crippen LogP contribution is 2.38. The van der Waals surface area contributed by atoms with E-state index in [-0.39, 0.29) is 6.42 Å². The van der Waals surface area contributed by atoms with E-state index in [4.69, 9.17) is 4.74 Å². The predicted octanol–water partition coefficient (Wildman–Crippen LogP) is 7.90. The normalized spacial score (nSPS) is 14.0. The molecule has 0 bridgehead atoms. The first-order valence-corrected chi connectivity index (χ1v) is 12.9. The summed E-state index contributed by atoms with van der Waals surface area (Å²) >= 11 is 0. The van der Waals surface area contributed by atoms with Crippen molar-refractivity contribution < 1.29 is 14.6 Å². The number of carboxylic acids is 1. The molecule has 0 heterocycles. The molecule has 0 saturated heterocycles. The number of hydrogen-bond donors (Lipinski definition) is 1. The molecule has 0 aliphatic rings. The predicted molar refractivity (Wildman–Crippen MR) is 157 cm³/mol. The lowest BCUT2D eigenvalue weighted by atomic mass is 9.86. The second-order valence-electron chi connectivity index (χ2n) is 11.4. The quantitative estimate of drug-likeness (QED) is 0.353. The highest BCUT2D eigenvalue weighted by molar-refractivity contribution is 5.94. The Bertz CT molecular complexity index is 1240. The maximum Gasteiger partial charge on any atom is 0.333 e. The van der Waals surface area contributed by atoms with Crippen LogP contribution in [0.5, 0.6) is 0 Å². The van der Waals surface area contributed by atoms with Crippen molar-refractivity contribution in [3.8, 4) is 0 Å². The monoisotopic (exact) mass is 503 g/mol. The molecular weight excluding hydrogens is 458 g/mol. The fourth-order valence-corrected chi connectivity index (χ4v) is 4.52. The van der Waals surface area contributed by atoms with Crippen LogP contribution in [-0.4, -0.2) is 41.8 Å². The molecule has 0 fully saturated rings. The van der Waals surface area contributed by atoms with Crippen molar-refractivity contribution in [2.24, 2.45) is 0 Å². The third-order valence-electron chi connectivity index (χ3n) is 6.83. The number of aliphatic carboxylic acids is 1. The van der Waals surface area contributed by atoms with Crippen LogP contribution in [0.15, 0.2) is 59.8 Å². The summed E-state index contributed by atoms with van der Waals surface area (Å²) in [5.74, 6) is -0.958. The average molecular weight is 504 g/mol. The lowest BCUT2D eigenvalue weighted by Crippen LogP contribution is -2.34. The molecule has 0 saturated carbocycles. The molecule has 1 N–H and O–H groups in total. The van der Waals surface area contributed by atoms with Crippen LogP contribution >= 0.6 is 0 Å². The maximum atomic E-state index is 12.1. The van der Waals surface area contributed by atoms with Crippen LogP contribution in [0, 0.1) is 27.7 Å². The van der Waals surface area contributed by atoms with Gasteiger partial charge in [0, 0.05) is 31.8 Å². The van der Waals surface area contributed by atoms with Crippen LogP contribution in [0.4, 0.5) is 0 Å². The summed E-state index contributed by atoms with van der Waals surface area (Å²) in [6.07, 6.45) is -0.670. The number of allylic oxidation sites excluding steroid dienone is 3. The van der Waals surface area contributed by atoms with E-state index in [0.717, 1.165) is 39.1 Å². The minimum Gasteiger partial charge on any atom is -0.479 e. The molecule has 2 rings (SSSR count). The Morgan fingerprint density at radius 1 is 0.919 bits per heavy atom. The molecule has 200 valence electrons. The summed E-state index contributed by atoms with van der Waals surface area (Å²) in [7, 11) is 4.01. The smallest absolute Gasteiger partial charge is 0.333 e. The number of benzene rings is 2. The van der Waals surface area contributed by atoms with Gasteiger partial charge >= 0.3 is 5.97 Å². The number of aryl methyl sites for hydroxylation is 4. The van der Waals surface area contributed by atoms with Crippen LogP contribution in [0.1, 0.15) is 74.4 Å². The lowest BCUT2D eigenvalue weighted by molar-refractivity contribution is -0.159. The van der Waals surface area contributed by atoms with Crippen molar-refractivity contribution >= 4 is 17.1 Å². The van der Waals surface area contributed by atoms with Gasteiger partial charge in [0.15, 0.2) is 6.10 Å². The Hall–Kier alpha value is -3.11. The summed E-state index contributed by atoms with van der Waals surface area (Å²) in [4.78, 5) is 14.2. The van der Waals surface area contributed by atoms with Crippen molar-refractivity contribution in [3.05, 3.63) is 93.2 Å². The van der Waals surface area contributed by atoms with Gasteiger partial charge in [0.1, 0.15) is 0 Å². The highest BCUT2D eigenvalue weighted by atomic mass is 16.5. The molecule has 0 aliphatic heterocycles. The van der Waals surface area contributed by atoms with Crippen molar-refractivity contribution in [2.75, 3.05) is 14.1 Å². The van der Waals surface area contributed by atoms with E-state index >= 15 is 0 Å². The van der Waals surface area contributed by atoms with Crippen LogP contribution in [0.25, 0.3) is 11.1 Å². The summed E-state index contributed by atoms with van der Waals surface area (Å²) < 4.78 is 5.94. The van der Waals surface area contributed by atoms with Gasteiger partial charge in [0.05, 0.1) is 5.60 Å². The first kappa shape index (κ1) is 30.1. The van der Waals surface area contributed by atoms with E-state index in [1.165, 1.54) is 22.3 Å². The first-order valence-electron chi connectivity index (χ1n) is 12.9. The average Bonchev–Trinajstić information content (AvgIpc) is 2.78. The number of carboxylic acid groups (broad SMARTS) is 1. The van der Waals surface area contributed by atoms with Crippen LogP contribution in [0.2, 0.25) is 0 Å². The van der Waals surface area contributed by atoms with Gasteiger partial charge in [-0.25, -0.2) is 4.79 Å². The van der Waals surface area contributed by atoms with Crippen LogP contribution < -0.4 is 0 Å². The van der Waals surface area contributed by atoms with E-state index in [2.05, 4.69) is 82.5 Å². The number of carbonyl (C=O) groups is 1. The molecule has 0 aliphatic carbocycles. The molecule has 0 radical (unpaired) electrons. The van der Waals surface area contributed by atoms with E-state index in [1.54, 1.807) is 0 Å². The number of ether oxygens (including phenoxy) is 1. The lowest BCUT2D eigenvalue weighted by Gasteiger charge is -2.29. The van der Waals surface area contributed by atoms with Gasteiger partial charge in [-0.05, 0) is 112 Å². The first-order chi connectivity index (χ1) is 17.0. The topological polar surface area (TPSA) is 49.8 Å². The van der Waals surface area contributed by atoms with Gasteiger partial charge < -0.3 is 14.7 Å². The second kappa shape index (κ2) is 12.0. The zero-order valence-electron chi connectivity index (χ0n) is 24.7. The van der Waals surface area contributed by atoms with Gasteiger partial charge in [-0.2, -0.15) is 0 Å². The maximum absolute atomic E-state index is 12.1. The van der Waals surface area contributed by atoms with Gasteiger partial charge in [-0.1, -0.05) is 43.0 Å². The minimum atomic E-state index is -0.958. The molecule has 0 spiro atoms. The Balaban J connectivity index is 2.82. The Kier molecular flexibility index (Phi) is 9.73. The zero-order chi connectivity index (χ0) is 28.2. The van der Waals surface area contributed by atoms with Gasteiger partial charge in [-0.3, -0.25) is 0 Å². The Morgan fingerprint density at radius 2 is 1.41 bits per heavy atom. The molecule has 4 nitrogen and oxygen atoms in total. The van der Waals surface area contributed by atoms with E-state index in [1.807, 2.05) is 41.8 Å². The molecule has 0 aromatic heterocycles. The fraction of sp³-hybridized carbons (Fsp3) is 0.424. The number of hydrogen-bond acceptors (Lipinski definition) is 3. The van der Waals surface area contributed by atoms with Crippen molar-refractivity contribution in [3.63, 3.8) is 0 Å². The standard InChI is InChI=1S/C33H45NO3/c1-20-13-15-27(17-22(20)3)25(6)26(7)30(28-16-14-21(2)23(4)18-28)31(34(11)12)24(5)19-29(32(35)36)37-33(8,9)10/h13-18,29H,6,19H2,1-5,7-12H3,(H,35,36)/b30-26-,31-24+. The van der Waals surface area contributed by atoms with E-state index in [9.17, 15) is 9.90 Å². The third-order valence-corrected chi connectivity index (χ3v) is 6.83. The third kappa shape index (κ3) is 7.69. The fourth-order valence-electron chi connectivity index (χ4n) is 4.52. The number of likely N-dealkylation sites (N-methyl/N-ethyl adjacent to an activating group) is 1. The second-order valence-corrected chi connectivity index (χ2v) is 11.4. The molecule has 1 atom stereocenters. The molecule has 2 aromatic rings. The molecule has 4 heteroatoms. The van der Waals surface area contributed by atoms with Gasteiger partial charge in [-0.15, -0.1) is 0 Å². The summed E-state index contributed by atoms with van der Waals surface area (Å²) in [6.45, 7) is 22.7. The summed E-state index contributed by atoms with van der Waals surface area (Å²) in [5, 5.41) is 9.94. The number of nitrogens with zero attached hydrogens (tertiary/aromatic N) is 1. The SMILES string of the molecule is C=C(/C(C)=C(\C(=C(\C)CC(OC(C)(C)C)C(=O)O)N(C)C)c1ccc(C)c(C)c1)c1ccc(C)c(C)c1. The Labute approximate surface area is 224 Å². The summed E-state index contributed by atoms with van der Waals surface area (Å²) in [5.41, 5.74) is 11.5.